The van der Waals surface area contributed by atoms with Crippen molar-refractivity contribution in [3.05, 3.63) is 113 Å². The van der Waals surface area contributed by atoms with Crippen LogP contribution in [0.25, 0.3) is 10.8 Å². The molecule has 0 radical (unpaired) electrons. The Morgan fingerprint density at radius 1 is 0.677 bits per heavy atom. The Bertz CT molecular complexity index is 1270. The van der Waals surface area contributed by atoms with Gasteiger partial charge in [-0.1, -0.05) is 36.1 Å². The SMILES string of the molecule is COc1cc(F)c(CCc2ccc(C#Cc3ccc4cc(F)ccc4c3)cc2)c(F)c1. The van der Waals surface area contributed by atoms with Crippen LogP contribution >= 0.6 is 0 Å². The number of ether oxygens (including phenoxy) is 1. The third-order valence-electron chi connectivity index (χ3n) is 5.12. The number of halogens is 3. The van der Waals surface area contributed by atoms with E-state index in [-0.39, 0.29) is 23.6 Å². The van der Waals surface area contributed by atoms with E-state index in [1.54, 1.807) is 6.07 Å². The predicted octanol–water partition coefficient (Wildman–Crippen LogP) is 6.45. The van der Waals surface area contributed by atoms with Gasteiger partial charge in [0.05, 0.1) is 7.11 Å². The Labute approximate surface area is 179 Å². The first kappa shape index (κ1) is 20.6. The standard InChI is InChI=1S/C27H19F3O/c1-31-24-16-26(29)25(27(30)17-24)13-9-19-4-2-18(3-5-19)6-7-20-8-10-22-15-23(28)12-11-21(22)14-20/h2-5,8,10-12,14-17H,9,13H2,1H3. The van der Waals surface area contributed by atoms with Crippen LogP contribution in [0.15, 0.2) is 72.8 Å². The van der Waals surface area contributed by atoms with Gasteiger partial charge >= 0.3 is 0 Å². The molecule has 0 N–H and O–H groups in total. The molecule has 0 saturated heterocycles. The number of rotatable bonds is 4. The third kappa shape index (κ3) is 4.90. The van der Waals surface area contributed by atoms with Gasteiger partial charge in [-0.2, -0.15) is 0 Å². The molecule has 0 aromatic heterocycles. The van der Waals surface area contributed by atoms with E-state index in [4.69, 9.17) is 4.74 Å². The highest BCUT2D eigenvalue weighted by molar-refractivity contribution is 5.84. The zero-order valence-corrected chi connectivity index (χ0v) is 16.9. The summed E-state index contributed by atoms with van der Waals surface area (Å²) in [5.41, 5.74) is 2.70. The van der Waals surface area contributed by atoms with E-state index in [0.29, 0.717) is 6.42 Å². The molecule has 0 heterocycles. The molecule has 0 spiro atoms. The molecule has 154 valence electrons. The number of methoxy groups -OCH3 is 1. The molecule has 0 bridgehead atoms. The van der Waals surface area contributed by atoms with Crippen LogP contribution < -0.4 is 4.74 Å². The Balaban J connectivity index is 1.44. The highest BCUT2D eigenvalue weighted by atomic mass is 19.1. The Kier molecular flexibility index (Phi) is 5.95. The van der Waals surface area contributed by atoms with Gasteiger partial charge in [0.1, 0.15) is 23.2 Å². The van der Waals surface area contributed by atoms with Crippen molar-refractivity contribution in [2.45, 2.75) is 12.8 Å². The summed E-state index contributed by atoms with van der Waals surface area (Å²) >= 11 is 0. The van der Waals surface area contributed by atoms with Crippen LogP contribution in [0.5, 0.6) is 5.75 Å². The molecule has 4 rings (SSSR count). The summed E-state index contributed by atoms with van der Waals surface area (Å²) in [7, 11) is 1.37. The molecule has 4 aromatic rings. The van der Waals surface area contributed by atoms with E-state index in [0.717, 1.165) is 27.5 Å². The van der Waals surface area contributed by atoms with E-state index in [2.05, 4.69) is 11.8 Å². The first-order valence-corrected chi connectivity index (χ1v) is 9.84. The van der Waals surface area contributed by atoms with E-state index in [1.807, 2.05) is 42.5 Å². The topological polar surface area (TPSA) is 9.23 Å². The fraction of sp³-hybridized carbons (Fsp3) is 0.111. The second-order valence-corrected chi connectivity index (χ2v) is 7.22. The van der Waals surface area contributed by atoms with E-state index >= 15 is 0 Å². The molecule has 4 aromatic carbocycles. The van der Waals surface area contributed by atoms with Crippen molar-refractivity contribution in [3.8, 4) is 17.6 Å². The molecular formula is C27H19F3O. The van der Waals surface area contributed by atoms with Crippen molar-refractivity contribution < 1.29 is 17.9 Å². The molecule has 0 fully saturated rings. The van der Waals surface area contributed by atoms with Gasteiger partial charge in [-0.15, -0.1) is 0 Å². The third-order valence-corrected chi connectivity index (χ3v) is 5.12. The summed E-state index contributed by atoms with van der Waals surface area (Å²) < 4.78 is 46.3. The first-order chi connectivity index (χ1) is 15.0. The van der Waals surface area contributed by atoms with Crippen LogP contribution in [-0.4, -0.2) is 7.11 Å². The maximum Gasteiger partial charge on any atom is 0.133 e. The lowest BCUT2D eigenvalue weighted by molar-refractivity contribution is 0.405. The molecule has 4 heteroatoms. The normalized spacial score (nSPS) is 10.6. The highest BCUT2D eigenvalue weighted by Crippen LogP contribution is 2.22. The largest absolute Gasteiger partial charge is 0.497 e. The number of hydrogen-bond acceptors (Lipinski definition) is 1. The maximum absolute atomic E-state index is 14.1. The minimum absolute atomic E-state index is 0.0563. The summed E-state index contributed by atoms with van der Waals surface area (Å²) in [6, 6.07) is 20.3. The van der Waals surface area contributed by atoms with Crippen LogP contribution in [-0.2, 0) is 12.8 Å². The minimum Gasteiger partial charge on any atom is -0.497 e. The van der Waals surface area contributed by atoms with Crippen molar-refractivity contribution in [2.75, 3.05) is 7.11 Å². The lowest BCUT2D eigenvalue weighted by Crippen LogP contribution is -2.00. The van der Waals surface area contributed by atoms with Crippen LogP contribution in [0.4, 0.5) is 13.2 Å². The van der Waals surface area contributed by atoms with Gasteiger partial charge in [-0.25, -0.2) is 13.2 Å². The van der Waals surface area contributed by atoms with Crippen molar-refractivity contribution in [3.63, 3.8) is 0 Å². The van der Waals surface area contributed by atoms with Crippen molar-refractivity contribution >= 4 is 10.8 Å². The molecule has 0 unspecified atom stereocenters. The summed E-state index contributed by atoms with van der Waals surface area (Å²) in [6.45, 7) is 0. The molecule has 0 atom stereocenters. The molecule has 0 aliphatic carbocycles. The molecule has 0 aliphatic rings. The Morgan fingerprint density at radius 3 is 2.00 bits per heavy atom. The lowest BCUT2D eigenvalue weighted by atomic mass is 10.0. The zero-order chi connectivity index (χ0) is 21.8. The number of hydrogen-bond donors (Lipinski definition) is 0. The van der Waals surface area contributed by atoms with Crippen LogP contribution in [0.2, 0.25) is 0 Å². The molecule has 0 aliphatic heterocycles. The van der Waals surface area contributed by atoms with Gasteiger partial charge in [-0.3, -0.25) is 0 Å². The second kappa shape index (κ2) is 8.97. The zero-order valence-electron chi connectivity index (χ0n) is 16.9. The van der Waals surface area contributed by atoms with E-state index in [9.17, 15) is 13.2 Å². The van der Waals surface area contributed by atoms with E-state index < -0.39 is 11.6 Å². The van der Waals surface area contributed by atoms with Gasteiger partial charge in [0.2, 0.25) is 0 Å². The molecule has 31 heavy (non-hydrogen) atoms. The molecule has 1 nitrogen and oxygen atoms in total. The van der Waals surface area contributed by atoms with E-state index in [1.165, 1.54) is 31.4 Å². The van der Waals surface area contributed by atoms with Crippen molar-refractivity contribution in [1.82, 2.24) is 0 Å². The average molecular weight is 416 g/mol. The number of benzene rings is 4. The van der Waals surface area contributed by atoms with Crippen LogP contribution in [0, 0.1) is 29.3 Å². The predicted molar refractivity (Wildman–Crippen MR) is 117 cm³/mol. The quantitative estimate of drug-likeness (QED) is 0.347. The monoisotopic (exact) mass is 416 g/mol. The summed E-state index contributed by atoms with van der Waals surface area (Å²) in [5, 5.41) is 1.76. The smallest absolute Gasteiger partial charge is 0.133 e. The molecule has 0 amide bonds. The highest BCUT2D eigenvalue weighted by Gasteiger charge is 2.11. The molecular weight excluding hydrogens is 397 g/mol. The van der Waals surface area contributed by atoms with Crippen LogP contribution in [0.1, 0.15) is 22.3 Å². The van der Waals surface area contributed by atoms with Gasteiger partial charge in [-0.05, 0) is 65.6 Å². The van der Waals surface area contributed by atoms with Gasteiger partial charge < -0.3 is 4.74 Å². The number of fused-ring (bicyclic) bond motifs is 1. The average Bonchev–Trinajstić information content (AvgIpc) is 2.77. The summed E-state index contributed by atoms with van der Waals surface area (Å²) in [6.07, 6.45) is 0.763. The fourth-order valence-corrected chi connectivity index (χ4v) is 3.40. The maximum atomic E-state index is 14.1. The summed E-state index contributed by atoms with van der Waals surface area (Å²) in [5.74, 6) is 4.93. The minimum atomic E-state index is -0.600. The fourth-order valence-electron chi connectivity index (χ4n) is 3.40. The Morgan fingerprint density at radius 2 is 1.29 bits per heavy atom. The molecule has 0 saturated carbocycles. The van der Waals surface area contributed by atoms with Crippen molar-refractivity contribution in [2.24, 2.45) is 0 Å². The van der Waals surface area contributed by atoms with Crippen molar-refractivity contribution in [1.29, 1.82) is 0 Å². The summed E-state index contributed by atoms with van der Waals surface area (Å²) in [4.78, 5) is 0. The van der Waals surface area contributed by atoms with Gasteiger partial charge in [0.25, 0.3) is 0 Å². The van der Waals surface area contributed by atoms with Gasteiger partial charge in [0, 0.05) is 28.8 Å². The number of aryl methyl sites for hydroxylation is 1. The Hall–Kier alpha value is -3.71. The lowest BCUT2D eigenvalue weighted by Gasteiger charge is -2.08. The second-order valence-electron chi connectivity index (χ2n) is 7.22. The van der Waals surface area contributed by atoms with Crippen LogP contribution in [0.3, 0.4) is 0 Å². The first-order valence-electron chi connectivity index (χ1n) is 9.84. The van der Waals surface area contributed by atoms with Gasteiger partial charge in [0.15, 0.2) is 0 Å².